The molecule has 2 atom stereocenters. The van der Waals surface area contributed by atoms with E-state index in [2.05, 4.69) is 5.32 Å². The van der Waals surface area contributed by atoms with Gasteiger partial charge in [-0.3, -0.25) is 4.79 Å². The van der Waals surface area contributed by atoms with Crippen LogP contribution >= 0.6 is 0 Å². The van der Waals surface area contributed by atoms with Crippen LogP contribution in [0.4, 0.5) is 0 Å². The number of carbonyl (C=O) groups excluding carboxylic acids is 1. The van der Waals surface area contributed by atoms with Gasteiger partial charge in [-0.1, -0.05) is 12.1 Å². The number of benzene rings is 1. The molecule has 0 aliphatic rings. The fraction of sp³-hybridized carbons (Fsp3) is 0.533. The highest BCUT2D eigenvalue weighted by atomic mass is 16.5. The average molecular weight is 280 g/mol. The highest BCUT2D eigenvalue weighted by Gasteiger charge is 2.11. The van der Waals surface area contributed by atoms with Gasteiger partial charge in [0.1, 0.15) is 5.75 Å². The zero-order chi connectivity index (χ0) is 15.1. The lowest BCUT2D eigenvalue weighted by atomic mass is 10.1. The van der Waals surface area contributed by atoms with Gasteiger partial charge in [-0.05, 0) is 32.4 Å². The molecule has 0 heterocycles. The lowest BCUT2D eigenvalue weighted by Crippen LogP contribution is -2.38. The van der Waals surface area contributed by atoms with Crippen LogP contribution in [0, 0.1) is 6.92 Å². The summed E-state index contributed by atoms with van der Waals surface area (Å²) in [6, 6.07) is 5.63. The zero-order valence-electron chi connectivity index (χ0n) is 12.6. The molecule has 1 aromatic carbocycles. The summed E-state index contributed by atoms with van der Waals surface area (Å²) >= 11 is 0. The topological polar surface area (TPSA) is 73.6 Å². The van der Waals surface area contributed by atoms with E-state index in [4.69, 9.17) is 15.2 Å². The minimum absolute atomic E-state index is 0.0305. The maximum Gasteiger partial charge on any atom is 0.258 e. The van der Waals surface area contributed by atoms with E-state index < -0.39 is 0 Å². The van der Waals surface area contributed by atoms with Crippen LogP contribution in [0.5, 0.6) is 5.75 Å². The van der Waals surface area contributed by atoms with Crippen molar-refractivity contribution in [3.63, 3.8) is 0 Å². The lowest BCUT2D eigenvalue weighted by molar-refractivity contribution is -0.124. The first-order valence-electron chi connectivity index (χ1n) is 6.71. The standard InChI is InChI=1S/C15H24N2O3/c1-10-5-6-13(12(3)16)14(7-10)20-9-15(18)17-11(2)8-19-4/h5-7,11-12H,8-9,16H2,1-4H3,(H,17,18)/t11?,12-/m1/s1. The van der Waals surface area contributed by atoms with Crippen LogP contribution in [0.1, 0.15) is 31.0 Å². The van der Waals surface area contributed by atoms with E-state index in [0.717, 1.165) is 11.1 Å². The average Bonchev–Trinajstić information content (AvgIpc) is 2.36. The Labute approximate surface area is 120 Å². The highest BCUT2D eigenvalue weighted by molar-refractivity contribution is 5.77. The van der Waals surface area contributed by atoms with Crippen LogP contribution in [-0.4, -0.2) is 32.3 Å². The SMILES string of the molecule is COCC(C)NC(=O)COc1cc(C)ccc1[C@@H](C)N. The number of methoxy groups -OCH3 is 1. The second-order valence-corrected chi connectivity index (χ2v) is 5.04. The third kappa shape index (κ3) is 5.19. The van der Waals surface area contributed by atoms with Gasteiger partial charge in [0, 0.05) is 24.8 Å². The summed E-state index contributed by atoms with van der Waals surface area (Å²) in [6.45, 7) is 6.18. The molecule has 0 aromatic heterocycles. The number of rotatable bonds is 7. The summed E-state index contributed by atoms with van der Waals surface area (Å²) in [5, 5.41) is 2.79. The predicted octanol–water partition coefficient (Wildman–Crippen LogP) is 1.54. The van der Waals surface area contributed by atoms with Crippen LogP contribution in [0.3, 0.4) is 0 Å². The maximum absolute atomic E-state index is 11.7. The Bertz CT molecular complexity index is 447. The third-order valence-corrected chi connectivity index (χ3v) is 2.84. The molecule has 3 N–H and O–H groups in total. The van der Waals surface area contributed by atoms with Gasteiger partial charge in [-0.25, -0.2) is 0 Å². The quantitative estimate of drug-likeness (QED) is 0.794. The number of nitrogens with two attached hydrogens (primary N) is 1. The molecule has 0 spiro atoms. The molecule has 20 heavy (non-hydrogen) atoms. The molecule has 0 saturated heterocycles. The first-order valence-corrected chi connectivity index (χ1v) is 6.71. The number of amides is 1. The Morgan fingerprint density at radius 3 is 2.70 bits per heavy atom. The fourth-order valence-electron chi connectivity index (χ4n) is 1.89. The number of ether oxygens (including phenoxy) is 2. The summed E-state index contributed by atoms with van der Waals surface area (Å²) in [6.07, 6.45) is 0. The van der Waals surface area contributed by atoms with Crippen LogP contribution in [0.25, 0.3) is 0 Å². The Morgan fingerprint density at radius 1 is 1.40 bits per heavy atom. The van der Waals surface area contributed by atoms with E-state index in [1.807, 2.05) is 39.0 Å². The minimum Gasteiger partial charge on any atom is -0.483 e. The van der Waals surface area contributed by atoms with E-state index in [9.17, 15) is 4.79 Å². The largest absolute Gasteiger partial charge is 0.483 e. The van der Waals surface area contributed by atoms with Crippen LogP contribution in [0.15, 0.2) is 18.2 Å². The van der Waals surface area contributed by atoms with Crippen molar-refractivity contribution in [1.82, 2.24) is 5.32 Å². The molecule has 0 radical (unpaired) electrons. The van der Waals surface area contributed by atoms with Gasteiger partial charge in [0.2, 0.25) is 0 Å². The maximum atomic E-state index is 11.7. The molecule has 112 valence electrons. The molecule has 0 aliphatic heterocycles. The molecule has 1 aromatic rings. The van der Waals surface area contributed by atoms with Gasteiger partial charge in [0.15, 0.2) is 6.61 Å². The second-order valence-electron chi connectivity index (χ2n) is 5.04. The number of aryl methyl sites for hydroxylation is 1. The number of hydrogen-bond acceptors (Lipinski definition) is 4. The second kappa shape index (κ2) is 7.87. The van der Waals surface area contributed by atoms with Crippen molar-refractivity contribution in [3.05, 3.63) is 29.3 Å². The summed E-state index contributed by atoms with van der Waals surface area (Å²) in [4.78, 5) is 11.7. The number of hydrogen-bond donors (Lipinski definition) is 2. The molecule has 0 bridgehead atoms. The van der Waals surface area contributed by atoms with Crippen molar-refractivity contribution >= 4 is 5.91 Å². The van der Waals surface area contributed by atoms with Crippen molar-refractivity contribution in [2.45, 2.75) is 32.9 Å². The molecular weight excluding hydrogens is 256 g/mol. The fourth-order valence-corrected chi connectivity index (χ4v) is 1.89. The number of nitrogens with one attached hydrogen (secondary N) is 1. The Kier molecular flexibility index (Phi) is 6.48. The normalized spacial score (nSPS) is 13.7. The number of carbonyl (C=O) groups is 1. The predicted molar refractivity (Wildman–Crippen MR) is 78.8 cm³/mol. The van der Waals surface area contributed by atoms with Crippen molar-refractivity contribution in [2.24, 2.45) is 5.73 Å². The van der Waals surface area contributed by atoms with Crippen molar-refractivity contribution in [1.29, 1.82) is 0 Å². The molecule has 0 saturated carbocycles. The highest BCUT2D eigenvalue weighted by Crippen LogP contribution is 2.24. The molecule has 1 rings (SSSR count). The Balaban J connectivity index is 2.61. The smallest absolute Gasteiger partial charge is 0.258 e. The molecule has 0 aliphatic carbocycles. The molecule has 5 heteroatoms. The molecule has 5 nitrogen and oxygen atoms in total. The zero-order valence-corrected chi connectivity index (χ0v) is 12.6. The van der Waals surface area contributed by atoms with Gasteiger partial charge in [0.05, 0.1) is 6.61 Å². The van der Waals surface area contributed by atoms with E-state index in [1.165, 1.54) is 0 Å². The van der Waals surface area contributed by atoms with Gasteiger partial charge < -0.3 is 20.5 Å². The lowest BCUT2D eigenvalue weighted by Gasteiger charge is -2.16. The van der Waals surface area contributed by atoms with E-state index in [1.54, 1.807) is 7.11 Å². The first kappa shape index (κ1) is 16.5. The van der Waals surface area contributed by atoms with Crippen LogP contribution in [-0.2, 0) is 9.53 Å². The van der Waals surface area contributed by atoms with Crippen LogP contribution in [0.2, 0.25) is 0 Å². The Hall–Kier alpha value is -1.59. The van der Waals surface area contributed by atoms with E-state index in [-0.39, 0.29) is 24.6 Å². The summed E-state index contributed by atoms with van der Waals surface area (Å²) in [7, 11) is 1.60. The third-order valence-electron chi connectivity index (χ3n) is 2.84. The molecular formula is C15H24N2O3. The Morgan fingerprint density at radius 2 is 2.10 bits per heavy atom. The monoisotopic (exact) mass is 280 g/mol. The molecule has 1 unspecified atom stereocenters. The first-order chi connectivity index (χ1) is 9.43. The molecule has 1 amide bonds. The van der Waals surface area contributed by atoms with Gasteiger partial charge in [0.25, 0.3) is 5.91 Å². The van der Waals surface area contributed by atoms with E-state index in [0.29, 0.717) is 12.4 Å². The van der Waals surface area contributed by atoms with Gasteiger partial charge in [-0.15, -0.1) is 0 Å². The summed E-state index contributed by atoms with van der Waals surface area (Å²) in [5.74, 6) is 0.487. The summed E-state index contributed by atoms with van der Waals surface area (Å²) in [5.41, 5.74) is 7.86. The van der Waals surface area contributed by atoms with Crippen molar-refractivity contribution in [2.75, 3.05) is 20.3 Å². The summed E-state index contributed by atoms with van der Waals surface area (Å²) < 4.78 is 10.5. The minimum atomic E-state index is -0.174. The van der Waals surface area contributed by atoms with Crippen molar-refractivity contribution < 1.29 is 14.3 Å². The molecule has 0 fully saturated rings. The van der Waals surface area contributed by atoms with E-state index >= 15 is 0 Å². The van der Waals surface area contributed by atoms with Gasteiger partial charge in [-0.2, -0.15) is 0 Å². The van der Waals surface area contributed by atoms with Gasteiger partial charge >= 0.3 is 0 Å². The van der Waals surface area contributed by atoms with Crippen molar-refractivity contribution in [3.8, 4) is 5.75 Å². The van der Waals surface area contributed by atoms with Crippen LogP contribution < -0.4 is 15.8 Å².